The number of nitrogens with zero attached hydrogens (tertiary/aromatic N) is 5. The molecular weight excluding hydrogens is 436 g/mol. The monoisotopic (exact) mass is 456 g/mol. The Kier molecular flexibility index (Phi) is 6.94. The van der Waals surface area contributed by atoms with Gasteiger partial charge in [0, 0.05) is 12.7 Å². The number of amides is 1. The van der Waals surface area contributed by atoms with Gasteiger partial charge in [0.1, 0.15) is 0 Å². The van der Waals surface area contributed by atoms with E-state index >= 15 is 0 Å². The highest BCUT2D eigenvalue weighted by molar-refractivity contribution is 7.99. The van der Waals surface area contributed by atoms with Crippen LogP contribution in [0.4, 0.5) is 11.4 Å². The Labute approximate surface area is 184 Å². The molecule has 0 unspecified atom stereocenters. The normalized spacial score (nSPS) is 11.0. The van der Waals surface area contributed by atoms with Crippen molar-refractivity contribution >= 4 is 39.1 Å². The Morgan fingerprint density at radius 1 is 1.16 bits per heavy atom. The molecule has 160 valence electrons. The van der Waals surface area contributed by atoms with Crippen molar-refractivity contribution in [1.29, 1.82) is 5.26 Å². The summed E-state index contributed by atoms with van der Waals surface area (Å²) in [6, 6.07) is 17.3. The third kappa shape index (κ3) is 5.84. The van der Waals surface area contributed by atoms with E-state index in [2.05, 4.69) is 15.5 Å². The van der Waals surface area contributed by atoms with Crippen molar-refractivity contribution in [3.63, 3.8) is 0 Å². The summed E-state index contributed by atoms with van der Waals surface area (Å²) in [6.07, 6.45) is 1.14. The van der Waals surface area contributed by atoms with Crippen molar-refractivity contribution in [2.45, 2.75) is 11.7 Å². The van der Waals surface area contributed by atoms with Gasteiger partial charge in [0.05, 0.1) is 35.9 Å². The Balaban J connectivity index is 1.65. The summed E-state index contributed by atoms with van der Waals surface area (Å²) in [6.45, 7) is 0.0182. The van der Waals surface area contributed by atoms with Crippen LogP contribution in [0.15, 0.2) is 59.8 Å². The number of carbonyl (C=O) groups excluding carboxylic acids is 1. The second-order valence-electron chi connectivity index (χ2n) is 6.59. The van der Waals surface area contributed by atoms with E-state index in [1.165, 1.54) is 16.1 Å². The molecular formula is C20H20N6O3S2. The van der Waals surface area contributed by atoms with Gasteiger partial charge in [-0.25, -0.2) is 8.42 Å². The fourth-order valence-electron chi connectivity index (χ4n) is 2.69. The van der Waals surface area contributed by atoms with Crippen LogP contribution in [0.5, 0.6) is 0 Å². The van der Waals surface area contributed by atoms with Gasteiger partial charge >= 0.3 is 0 Å². The minimum atomic E-state index is -3.53. The van der Waals surface area contributed by atoms with Crippen LogP contribution in [-0.4, -0.2) is 41.1 Å². The number of thioether (sulfide) groups is 1. The molecule has 0 bridgehead atoms. The lowest BCUT2D eigenvalue weighted by molar-refractivity contribution is -0.113. The number of anilines is 2. The van der Waals surface area contributed by atoms with Gasteiger partial charge in [-0.1, -0.05) is 30.0 Å². The molecule has 0 fully saturated rings. The lowest BCUT2D eigenvalue weighted by Crippen LogP contribution is -2.30. The molecule has 1 N–H and O–H groups in total. The Morgan fingerprint density at radius 2 is 1.84 bits per heavy atom. The summed E-state index contributed by atoms with van der Waals surface area (Å²) in [5, 5.41) is 20.2. The molecule has 3 aromatic rings. The third-order valence-electron chi connectivity index (χ3n) is 4.28. The topological polar surface area (TPSA) is 121 Å². The van der Waals surface area contributed by atoms with Gasteiger partial charge < -0.3 is 9.88 Å². The van der Waals surface area contributed by atoms with Crippen LogP contribution in [0.2, 0.25) is 0 Å². The standard InChI is InChI=1S/C20H20N6O3S2/c1-25-18(13-26(31(2,28)29)17-6-4-3-5-7-17)23-24-20(25)30-14-19(27)22-16-10-8-15(12-21)9-11-16/h3-11H,13-14H2,1-2H3,(H,22,27). The van der Waals surface area contributed by atoms with E-state index in [1.54, 1.807) is 60.1 Å². The molecule has 11 heteroatoms. The number of aromatic nitrogens is 3. The molecule has 0 saturated carbocycles. The highest BCUT2D eigenvalue weighted by atomic mass is 32.2. The molecule has 0 atom stereocenters. The molecule has 0 spiro atoms. The fourth-order valence-corrected chi connectivity index (χ4v) is 4.27. The number of para-hydroxylation sites is 1. The minimum absolute atomic E-state index is 0.0182. The summed E-state index contributed by atoms with van der Waals surface area (Å²) in [4.78, 5) is 12.2. The number of nitriles is 1. The molecule has 1 heterocycles. The smallest absolute Gasteiger partial charge is 0.234 e. The molecule has 0 aliphatic rings. The number of nitrogens with one attached hydrogen (secondary N) is 1. The van der Waals surface area contributed by atoms with Crippen LogP contribution < -0.4 is 9.62 Å². The van der Waals surface area contributed by atoms with Gasteiger partial charge in [-0.15, -0.1) is 10.2 Å². The van der Waals surface area contributed by atoms with Crippen molar-refractivity contribution in [3.8, 4) is 6.07 Å². The number of benzene rings is 2. The maximum atomic E-state index is 12.3. The van der Waals surface area contributed by atoms with E-state index < -0.39 is 10.0 Å². The van der Waals surface area contributed by atoms with E-state index in [1.807, 2.05) is 12.1 Å². The summed E-state index contributed by atoms with van der Waals surface area (Å²) in [7, 11) is -1.80. The first-order chi connectivity index (χ1) is 14.8. The average molecular weight is 457 g/mol. The lowest BCUT2D eigenvalue weighted by atomic mass is 10.2. The average Bonchev–Trinajstić information content (AvgIpc) is 3.10. The first-order valence-electron chi connectivity index (χ1n) is 9.12. The maximum absolute atomic E-state index is 12.3. The van der Waals surface area contributed by atoms with E-state index in [0.29, 0.717) is 27.9 Å². The van der Waals surface area contributed by atoms with E-state index in [-0.39, 0.29) is 18.2 Å². The SMILES string of the molecule is Cn1c(CN(c2ccccc2)S(C)(=O)=O)nnc1SCC(=O)Nc1ccc(C#N)cc1. The Bertz CT molecular complexity index is 1200. The maximum Gasteiger partial charge on any atom is 0.234 e. The van der Waals surface area contributed by atoms with Gasteiger partial charge in [-0.3, -0.25) is 9.10 Å². The number of sulfonamides is 1. The number of hydrogen-bond acceptors (Lipinski definition) is 7. The largest absolute Gasteiger partial charge is 0.325 e. The van der Waals surface area contributed by atoms with Crippen molar-refractivity contribution in [2.24, 2.45) is 7.05 Å². The minimum Gasteiger partial charge on any atom is -0.325 e. The first-order valence-corrected chi connectivity index (χ1v) is 11.9. The first kappa shape index (κ1) is 22.3. The molecule has 0 saturated heterocycles. The van der Waals surface area contributed by atoms with Crippen molar-refractivity contribution in [3.05, 3.63) is 66.0 Å². The second-order valence-corrected chi connectivity index (χ2v) is 9.44. The highest BCUT2D eigenvalue weighted by Gasteiger charge is 2.21. The zero-order valence-corrected chi connectivity index (χ0v) is 18.5. The van der Waals surface area contributed by atoms with E-state index in [9.17, 15) is 13.2 Å². The van der Waals surface area contributed by atoms with Crippen molar-refractivity contribution < 1.29 is 13.2 Å². The second kappa shape index (κ2) is 9.63. The van der Waals surface area contributed by atoms with Crippen LogP contribution in [0.3, 0.4) is 0 Å². The number of rotatable bonds is 8. The van der Waals surface area contributed by atoms with Gasteiger partial charge in [-0.05, 0) is 36.4 Å². The summed E-state index contributed by atoms with van der Waals surface area (Å²) < 4.78 is 27.5. The van der Waals surface area contributed by atoms with E-state index in [0.717, 1.165) is 6.26 Å². The van der Waals surface area contributed by atoms with Crippen molar-refractivity contribution in [2.75, 3.05) is 21.6 Å². The van der Waals surface area contributed by atoms with Crippen molar-refractivity contribution in [1.82, 2.24) is 14.8 Å². The molecule has 0 radical (unpaired) electrons. The summed E-state index contributed by atoms with van der Waals surface area (Å²) in [5.41, 5.74) is 1.64. The number of carbonyl (C=O) groups is 1. The van der Waals surface area contributed by atoms with E-state index in [4.69, 9.17) is 5.26 Å². The van der Waals surface area contributed by atoms with Crippen LogP contribution in [0, 0.1) is 11.3 Å². The zero-order valence-electron chi connectivity index (χ0n) is 16.9. The molecule has 0 aliphatic carbocycles. The van der Waals surface area contributed by atoms with Gasteiger partial charge in [0.15, 0.2) is 11.0 Å². The lowest BCUT2D eigenvalue weighted by Gasteiger charge is -2.21. The number of hydrogen-bond donors (Lipinski definition) is 1. The summed E-state index contributed by atoms with van der Waals surface area (Å²) in [5.74, 6) is 0.311. The molecule has 1 aromatic heterocycles. The predicted molar refractivity (Wildman–Crippen MR) is 119 cm³/mol. The highest BCUT2D eigenvalue weighted by Crippen LogP contribution is 2.22. The van der Waals surface area contributed by atoms with Crippen LogP contribution in [0.1, 0.15) is 11.4 Å². The molecule has 31 heavy (non-hydrogen) atoms. The van der Waals surface area contributed by atoms with Gasteiger partial charge in [-0.2, -0.15) is 5.26 Å². The fraction of sp³-hybridized carbons (Fsp3) is 0.200. The van der Waals surface area contributed by atoms with Crippen LogP contribution >= 0.6 is 11.8 Å². The molecule has 0 aliphatic heterocycles. The van der Waals surface area contributed by atoms with Gasteiger partial charge in [0.2, 0.25) is 15.9 Å². The van der Waals surface area contributed by atoms with Crippen LogP contribution in [0.25, 0.3) is 0 Å². The van der Waals surface area contributed by atoms with Crippen LogP contribution in [-0.2, 0) is 28.4 Å². The zero-order chi connectivity index (χ0) is 22.4. The Morgan fingerprint density at radius 3 is 2.45 bits per heavy atom. The molecule has 3 rings (SSSR count). The third-order valence-corrected chi connectivity index (χ3v) is 6.45. The Hall–Kier alpha value is -3.36. The summed E-state index contributed by atoms with van der Waals surface area (Å²) >= 11 is 1.19. The molecule has 1 amide bonds. The van der Waals surface area contributed by atoms with Gasteiger partial charge in [0.25, 0.3) is 0 Å². The molecule has 2 aromatic carbocycles. The quantitative estimate of drug-likeness (QED) is 0.517. The molecule has 9 nitrogen and oxygen atoms in total. The predicted octanol–water partition coefficient (Wildman–Crippen LogP) is 2.38.